The van der Waals surface area contributed by atoms with Gasteiger partial charge in [0.2, 0.25) is 0 Å². The van der Waals surface area contributed by atoms with Gasteiger partial charge >= 0.3 is 0 Å². The van der Waals surface area contributed by atoms with E-state index in [4.69, 9.17) is 0 Å². The molecule has 4 heteroatoms. The highest BCUT2D eigenvalue weighted by Crippen LogP contribution is 2.20. The number of nitrogens with one attached hydrogen (secondary N) is 1. The van der Waals surface area contributed by atoms with Crippen molar-refractivity contribution in [3.8, 4) is 5.69 Å². The molecule has 0 fully saturated rings. The molecular weight excluding hydrogens is 409 g/mol. The molecule has 0 aliphatic heterocycles. The highest BCUT2D eigenvalue weighted by molar-refractivity contribution is 14.1. The summed E-state index contributed by atoms with van der Waals surface area (Å²) in [5.74, 6) is 0. The van der Waals surface area contributed by atoms with E-state index in [0.29, 0.717) is 0 Å². The number of halogens is 1. The van der Waals surface area contributed by atoms with Gasteiger partial charge in [-0.3, -0.25) is 5.43 Å². The van der Waals surface area contributed by atoms with Crippen LogP contribution >= 0.6 is 22.6 Å². The second-order valence-electron chi connectivity index (χ2n) is 5.87. The fourth-order valence-corrected chi connectivity index (χ4v) is 3.07. The molecule has 0 amide bonds. The number of hydrogen-bond acceptors (Lipinski definition) is 2. The summed E-state index contributed by atoms with van der Waals surface area (Å²) in [6.45, 7) is 6.35. The first-order valence-electron chi connectivity index (χ1n) is 7.85. The maximum absolute atomic E-state index is 4.37. The number of hydrogen-bond donors (Lipinski definition) is 1. The number of hydrazone groups is 1. The first kappa shape index (κ1) is 16.8. The zero-order valence-corrected chi connectivity index (χ0v) is 16.2. The van der Waals surface area contributed by atoms with Crippen LogP contribution in [0.5, 0.6) is 0 Å². The quantitative estimate of drug-likeness (QED) is 0.334. The molecule has 0 bridgehead atoms. The Labute approximate surface area is 156 Å². The molecule has 0 spiro atoms. The Kier molecular flexibility index (Phi) is 5.04. The molecule has 1 N–H and O–H groups in total. The standard InChI is InChI=1S/C20H20IN3/c1-14-4-10-20(11-5-14)24-15(2)12-17(16(24)3)13-22-23-19-8-6-18(21)7-9-19/h4-13,23H,1-3H3/b22-13-. The SMILES string of the molecule is Cc1ccc(-n2c(C)cc(/C=N\Nc3ccc(I)cc3)c2C)cc1. The highest BCUT2D eigenvalue weighted by Gasteiger charge is 2.09. The van der Waals surface area contributed by atoms with Gasteiger partial charge in [0.05, 0.1) is 11.9 Å². The molecule has 0 radical (unpaired) electrons. The molecule has 0 unspecified atom stereocenters. The van der Waals surface area contributed by atoms with Crippen molar-refractivity contribution >= 4 is 34.5 Å². The van der Waals surface area contributed by atoms with Crippen LogP contribution in [0.1, 0.15) is 22.5 Å². The smallest absolute Gasteiger partial charge is 0.0562 e. The van der Waals surface area contributed by atoms with Crippen LogP contribution in [-0.2, 0) is 0 Å². The monoisotopic (exact) mass is 429 g/mol. The average molecular weight is 429 g/mol. The van der Waals surface area contributed by atoms with E-state index >= 15 is 0 Å². The zero-order chi connectivity index (χ0) is 17.1. The number of rotatable bonds is 4. The molecule has 3 aromatic rings. The first-order chi connectivity index (χ1) is 11.5. The fraction of sp³-hybridized carbons (Fsp3) is 0.150. The lowest BCUT2D eigenvalue weighted by Gasteiger charge is -2.09. The van der Waals surface area contributed by atoms with Crippen molar-refractivity contribution in [3.63, 3.8) is 0 Å². The molecule has 3 rings (SSSR count). The van der Waals surface area contributed by atoms with Crippen LogP contribution in [0.3, 0.4) is 0 Å². The molecule has 3 nitrogen and oxygen atoms in total. The van der Waals surface area contributed by atoms with E-state index in [2.05, 4.69) is 101 Å². The van der Waals surface area contributed by atoms with E-state index in [1.165, 1.54) is 26.2 Å². The van der Waals surface area contributed by atoms with E-state index in [9.17, 15) is 0 Å². The molecule has 0 aliphatic carbocycles. The lowest BCUT2D eigenvalue weighted by atomic mass is 10.2. The summed E-state index contributed by atoms with van der Waals surface area (Å²) < 4.78 is 3.47. The third-order valence-corrected chi connectivity index (χ3v) is 4.72. The Morgan fingerprint density at radius 3 is 2.29 bits per heavy atom. The van der Waals surface area contributed by atoms with Crippen molar-refractivity contribution in [2.45, 2.75) is 20.8 Å². The first-order valence-corrected chi connectivity index (χ1v) is 8.93. The van der Waals surface area contributed by atoms with Crippen LogP contribution in [0, 0.1) is 24.3 Å². The topological polar surface area (TPSA) is 29.3 Å². The van der Waals surface area contributed by atoms with Gasteiger partial charge in [-0.25, -0.2) is 0 Å². The van der Waals surface area contributed by atoms with Crippen molar-refractivity contribution < 1.29 is 0 Å². The summed E-state index contributed by atoms with van der Waals surface area (Å²) in [6, 6.07) is 18.9. The zero-order valence-electron chi connectivity index (χ0n) is 14.0. The number of aryl methyl sites for hydroxylation is 2. The van der Waals surface area contributed by atoms with Crippen molar-refractivity contribution in [2.75, 3.05) is 5.43 Å². The van der Waals surface area contributed by atoms with Gasteiger partial charge in [-0.1, -0.05) is 17.7 Å². The summed E-state index contributed by atoms with van der Waals surface area (Å²) >= 11 is 2.29. The summed E-state index contributed by atoms with van der Waals surface area (Å²) in [7, 11) is 0. The molecule has 1 heterocycles. The van der Waals surface area contributed by atoms with Crippen molar-refractivity contribution in [1.82, 2.24) is 4.57 Å². The Balaban J connectivity index is 1.82. The number of benzene rings is 2. The molecule has 0 atom stereocenters. The van der Waals surface area contributed by atoms with Gasteiger partial charge in [-0.05, 0) is 85.8 Å². The van der Waals surface area contributed by atoms with Gasteiger partial charge in [0.1, 0.15) is 0 Å². The maximum Gasteiger partial charge on any atom is 0.0562 e. The van der Waals surface area contributed by atoms with Crippen LogP contribution < -0.4 is 5.43 Å². The molecule has 1 aromatic heterocycles. The average Bonchev–Trinajstić information content (AvgIpc) is 2.85. The minimum atomic E-state index is 0.985. The van der Waals surface area contributed by atoms with Gasteiger partial charge in [-0.15, -0.1) is 0 Å². The van der Waals surface area contributed by atoms with Crippen molar-refractivity contribution in [2.24, 2.45) is 5.10 Å². The van der Waals surface area contributed by atoms with E-state index in [1.807, 2.05) is 18.3 Å². The highest BCUT2D eigenvalue weighted by atomic mass is 127. The minimum Gasteiger partial charge on any atom is -0.318 e. The van der Waals surface area contributed by atoms with Crippen LogP contribution in [0.15, 0.2) is 59.7 Å². The van der Waals surface area contributed by atoms with Gasteiger partial charge in [-0.2, -0.15) is 5.10 Å². The third-order valence-electron chi connectivity index (χ3n) is 4.00. The molecule has 122 valence electrons. The second-order valence-corrected chi connectivity index (χ2v) is 7.12. The van der Waals surface area contributed by atoms with E-state index in [-0.39, 0.29) is 0 Å². The summed E-state index contributed by atoms with van der Waals surface area (Å²) in [6.07, 6.45) is 1.88. The van der Waals surface area contributed by atoms with Crippen LogP contribution in [0.2, 0.25) is 0 Å². The van der Waals surface area contributed by atoms with Gasteiger partial charge in [0.15, 0.2) is 0 Å². The molecule has 24 heavy (non-hydrogen) atoms. The second kappa shape index (κ2) is 7.21. The Bertz CT molecular complexity index is 859. The Morgan fingerprint density at radius 1 is 0.958 bits per heavy atom. The van der Waals surface area contributed by atoms with E-state index < -0.39 is 0 Å². The van der Waals surface area contributed by atoms with Gasteiger partial charge in [0, 0.05) is 26.2 Å². The Morgan fingerprint density at radius 2 is 1.62 bits per heavy atom. The number of anilines is 1. The minimum absolute atomic E-state index is 0.985. The van der Waals surface area contributed by atoms with Gasteiger partial charge in [0.25, 0.3) is 0 Å². The third kappa shape index (κ3) is 3.70. The molecule has 2 aromatic carbocycles. The van der Waals surface area contributed by atoms with Crippen LogP contribution in [-0.4, -0.2) is 10.8 Å². The normalized spacial score (nSPS) is 11.2. The number of nitrogens with zero attached hydrogens (tertiary/aromatic N) is 2. The fourth-order valence-electron chi connectivity index (χ4n) is 2.71. The van der Waals surface area contributed by atoms with Gasteiger partial charge < -0.3 is 4.57 Å². The van der Waals surface area contributed by atoms with Crippen LogP contribution in [0.25, 0.3) is 5.69 Å². The molecular formula is C20H20IN3. The van der Waals surface area contributed by atoms with E-state index in [0.717, 1.165) is 11.3 Å². The van der Waals surface area contributed by atoms with Crippen molar-refractivity contribution in [1.29, 1.82) is 0 Å². The predicted molar refractivity (Wildman–Crippen MR) is 110 cm³/mol. The molecule has 0 aliphatic rings. The molecule has 0 saturated carbocycles. The largest absolute Gasteiger partial charge is 0.318 e. The van der Waals surface area contributed by atoms with E-state index in [1.54, 1.807) is 0 Å². The number of aromatic nitrogens is 1. The van der Waals surface area contributed by atoms with Crippen LogP contribution in [0.4, 0.5) is 5.69 Å². The molecule has 0 saturated heterocycles. The maximum atomic E-state index is 4.37. The summed E-state index contributed by atoms with van der Waals surface area (Å²) in [4.78, 5) is 0. The van der Waals surface area contributed by atoms with Crippen molar-refractivity contribution in [3.05, 3.63) is 80.7 Å². The predicted octanol–water partition coefficient (Wildman–Crippen LogP) is 5.45. The Hall–Kier alpha value is -2.08. The lowest BCUT2D eigenvalue weighted by molar-refractivity contribution is 0.964. The summed E-state index contributed by atoms with van der Waals surface area (Å²) in [5.41, 5.74) is 10.0. The lowest BCUT2D eigenvalue weighted by Crippen LogP contribution is -1.99. The summed E-state index contributed by atoms with van der Waals surface area (Å²) in [5, 5.41) is 4.37.